The topological polar surface area (TPSA) is 70.1 Å². The summed E-state index contributed by atoms with van der Waals surface area (Å²) in [5.74, 6) is -0.728. The molecule has 32 heavy (non-hydrogen) atoms. The van der Waals surface area contributed by atoms with E-state index in [1.807, 2.05) is 43.3 Å². The lowest BCUT2D eigenvalue weighted by Gasteiger charge is -2.31. The van der Waals surface area contributed by atoms with Gasteiger partial charge >= 0.3 is 0 Å². The third kappa shape index (κ3) is 3.90. The first kappa shape index (κ1) is 22.4. The average molecular weight is 499 g/mol. The van der Waals surface area contributed by atoms with Crippen LogP contribution in [0.2, 0.25) is 0 Å². The summed E-state index contributed by atoms with van der Waals surface area (Å²) in [4.78, 5) is 30.0. The van der Waals surface area contributed by atoms with Crippen molar-refractivity contribution >= 4 is 39.1 Å². The molecule has 1 aliphatic heterocycles. The number of anilines is 1. The number of rotatable bonds is 5. The van der Waals surface area contributed by atoms with Gasteiger partial charge in [0.05, 0.1) is 23.2 Å². The molecule has 2 aliphatic rings. The number of amides is 1. The fraction of sp³-hybridized carbons (Fsp3) is 0.360. The number of halogens is 1. The predicted molar refractivity (Wildman–Crippen MR) is 128 cm³/mol. The number of methoxy groups -OCH3 is 1. The van der Waals surface area contributed by atoms with Gasteiger partial charge in [0.2, 0.25) is 0 Å². The quantitative estimate of drug-likeness (QED) is 0.361. The summed E-state index contributed by atoms with van der Waals surface area (Å²) in [6.45, 7) is 0. The number of hydrogen-bond acceptors (Lipinski definition) is 5. The normalized spacial score (nSPS) is 20.8. The molecule has 1 saturated carbocycles. The number of carbonyl (C=O) groups excluding carboxylic acids is 2. The van der Waals surface area contributed by atoms with Crippen LogP contribution in [-0.4, -0.2) is 48.9 Å². The third-order valence-electron chi connectivity index (χ3n) is 6.35. The highest BCUT2D eigenvalue weighted by Gasteiger charge is 2.49. The second kappa shape index (κ2) is 8.98. The molecular formula is C25H27BrN2O4. The molecule has 1 aliphatic carbocycles. The van der Waals surface area contributed by atoms with Crippen LogP contribution >= 0.6 is 15.9 Å². The van der Waals surface area contributed by atoms with E-state index in [4.69, 9.17) is 4.74 Å². The first-order valence-corrected chi connectivity index (χ1v) is 11.5. The van der Waals surface area contributed by atoms with E-state index < -0.39 is 17.7 Å². The Morgan fingerprint density at radius 1 is 1.09 bits per heavy atom. The van der Waals surface area contributed by atoms with E-state index in [0.29, 0.717) is 15.8 Å². The van der Waals surface area contributed by atoms with Crippen LogP contribution in [0.4, 0.5) is 5.69 Å². The Hall–Kier alpha value is -2.80. The number of nitrogens with zero attached hydrogens (tertiary/aromatic N) is 2. The second-order valence-corrected chi connectivity index (χ2v) is 9.33. The molecule has 1 saturated heterocycles. The summed E-state index contributed by atoms with van der Waals surface area (Å²) in [5, 5.41) is 11.2. The minimum Gasteiger partial charge on any atom is -0.507 e. The molecular weight excluding hydrogens is 472 g/mol. The summed E-state index contributed by atoms with van der Waals surface area (Å²) in [6.07, 6.45) is 3.80. The molecule has 2 aromatic rings. The number of likely N-dealkylation sites (tertiary alicyclic amines) is 1. The smallest absolute Gasteiger partial charge is 0.295 e. The van der Waals surface area contributed by atoms with Crippen LogP contribution in [-0.2, 0) is 9.59 Å². The third-order valence-corrected chi connectivity index (χ3v) is 6.97. The Bertz CT molecular complexity index is 1070. The lowest BCUT2D eigenvalue weighted by molar-refractivity contribution is -0.141. The summed E-state index contributed by atoms with van der Waals surface area (Å²) >= 11 is 3.43. The summed E-state index contributed by atoms with van der Waals surface area (Å²) < 4.78 is 5.92. The van der Waals surface area contributed by atoms with E-state index in [9.17, 15) is 14.7 Å². The van der Waals surface area contributed by atoms with Gasteiger partial charge in [-0.25, -0.2) is 0 Å². The molecule has 0 bridgehead atoms. The average Bonchev–Trinajstić information content (AvgIpc) is 3.40. The molecule has 1 atom stereocenters. The maximum atomic E-state index is 13.2. The van der Waals surface area contributed by atoms with Gasteiger partial charge in [-0.05, 0) is 64.7 Å². The van der Waals surface area contributed by atoms with Crippen LogP contribution in [0.5, 0.6) is 5.75 Å². The van der Waals surface area contributed by atoms with Gasteiger partial charge in [-0.1, -0.05) is 25.0 Å². The number of Topliss-reactive ketones (excluding diaryl/α,β-unsaturated/α-hetero) is 1. The van der Waals surface area contributed by atoms with Crippen LogP contribution in [0.1, 0.15) is 42.9 Å². The van der Waals surface area contributed by atoms with Gasteiger partial charge in [-0.15, -0.1) is 0 Å². The lowest BCUT2D eigenvalue weighted by atomic mass is 9.94. The van der Waals surface area contributed by atoms with Crippen LogP contribution in [0, 0.1) is 0 Å². The molecule has 1 unspecified atom stereocenters. The Kier molecular flexibility index (Phi) is 6.29. The molecule has 0 spiro atoms. The number of aliphatic hydroxyl groups excluding tert-OH is 1. The number of hydrogen-bond donors (Lipinski definition) is 1. The van der Waals surface area contributed by atoms with Crippen LogP contribution in [0.3, 0.4) is 0 Å². The molecule has 0 radical (unpaired) electrons. The molecule has 168 valence electrons. The van der Waals surface area contributed by atoms with Gasteiger partial charge in [0.1, 0.15) is 11.5 Å². The molecule has 6 nitrogen and oxygen atoms in total. The second-order valence-electron chi connectivity index (χ2n) is 8.48. The van der Waals surface area contributed by atoms with E-state index in [-0.39, 0.29) is 17.4 Å². The molecule has 2 aromatic carbocycles. The van der Waals surface area contributed by atoms with Gasteiger partial charge < -0.3 is 19.6 Å². The van der Waals surface area contributed by atoms with Crippen molar-refractivity contribution in [2.45, 2.75) is 37.8 Å². The number of benzene rings is 2. The van der Waals surface area contributed by atoms with Crippen molar-refractivity contribution in [2.24, 2.45) is 0 Å². The largest absolute Gasteiger partial charge is 0.507 e. The van der Waals surface area contributed by atoms with Crippen molar-refractivity contribution in [1.82, 2.24) is 4.90 Å². The first-order valence-electron chi connectivity index (χ1n) is 10.7. The van der Waals surface area contributed by atoms with E-state index in [2.05, 4.69) is 15.9 Å². The van der Waals surface area contributed by atoms with Gasteiger partial charge in [0.25, 0.3) is 11.7 Å². The SMILES string of the molecule is COc1ccc(/C(O)=C2/C(=O)C(=O)N(C3CCCC3)C2c2ccc(N(C)C)cc2)cc1Br. The monoisotopic (exact) mass is 498 g/mol. The molecule has 2 fully saturated rings. The van der Waals surface area contributed by atoms with Gasteiger partial charge in [0, 0.05) is 31.4 Å². The van der Waals surface area contributed by atoms with Gasteiger partial charge in [-0.3, -0.25) is 9.59 Å². The molecule has 4 rings (SSSR count). The van der Waals surface area contributed by atoms with Crippen LogP contribution < -0.4 is 9.64 Å². The zero-order chi connectivity index (χ0) is 23.0. The standard InChI is InChI=1S/C25H27BrN2O4/c1-27(2)17-11-8-15(9-12-17)22-21(23(29)16-10-13-20(32-3)19(26)14-16)24(30)25(31)28(22)18-6-4-5-7-18/h8-14,18,22,29H,4-7H2,1-3H3/b23-21-. The van der Waals surface area contributed by atoms with Crippen LogP contribution in [0.25, 0.3) is 5.76 Å². The highest BCUT2D eigenvalue weighted by atomic mass is 79.9. The van der Waals surface area contributed by atoms with E-state index in [1.165, 1.54) is 0 Å². The summed E-state index contributed by atoms with van der Waals surface area (Å²) in [7, 11) is 5.48. The summed E-state index contributed by atoms with van der Waals surface area (Å²) in [5.41, 5.74) is 2.43. The minimum atomic E-state index is -0.636. The van der Waals surface area contributed by atoms with Crippen molar-refractivity contribution in [1.29, 1.82) is 0 Å². The van der Waals surface area contributed by atoms with Gasteiger partial charge in [0.15, 0.2) is 0 Å². The Balaban J connectivity index is 1.86. The zero-order valence-electron chi connectivity index (χ0n) is 18.5. The predicted octanol–water partition coefficient (Wildman–Crippen LogP) is 4.89. The number of ketones is 1. The lowest BCUT2D eigenvalue weighted by Crippen LogP contribution is -2.37. The van der Waals surface area contributed by atoms with Crippen molar-refractivity contribution in [2.75, 3.05) is 26.1 Å². The maximum absolute atomic E-state index is 13.2. The molecule has 1 N–H and O–H groups in total. The molecule has 7 heteroatoms. The molecule has 1 heterocycles. The minimum absolute atomic E-state index is 0.00196. The summed E-state index contributed by atoms with van der Waals surface area (Å²) in [6, 6.07) is 12.3. The number of ether oxygens (including phenoxy) is 1. The van der Waals surface area contributed by atoms with Crippen molar-refractivity contribution in [3.05, 3.63) is 63.6 Å². The first-order chi connectivity index (χ1) is 15.3. The Labute approximate surface area is 196 Å². The fourth-order valence-electron chi connectivity index (χ4n) is 4.66. The highest BCUT2D eigenvalue weighted by Crippen LogP contribution is 2.44. The number of aliphatic hydroxyl groups is 1. The van der Waals surface area contributed by atoms with Crippen molar-refractivity contribution < 1.29 is 19.4 Å². The Morgan fingerprint density at radius 2 is 1.75 bits per heavy atom. The fourth-order valence-corrected chi connectivity index (χ4v) is 5.20. The zero-order valence-corrected chi connectivity index (χ0v) is 20.1. The van der Waals surface area contributed by atoms with Crippen LogP contribution in [0.15, 0.2) is 52.5 Å². The number of carbonyl (C=O) groups is 2. The molecule has 1 amide bonds. The van der Waals surface area contributed by atoms with Gasteiger partial charge in [-0.2, -0.15) is 0 Å². The van der Waals surface area contributed by atoms with E-state index >= 15 is 0 Å². The Morgan fingerprint density at radius 3 is 2.31 bits per heavy atom. The van der Waals surface area contributed by atoms with E-state index in [0.717, 1.165) is 36.9 Å². The van der Waals surface area contributed by atoms with E-state index in [1.54, 1.807) is 30.2 Å². The maximum Gasteiger partial charge on any atom is 0.295 e. The van der Waals surface area contributed by atoms with Crippen molar-refractivity contribution in [3.8, 4) is 5.75 Å². The highest BCUT2D eigenvalue weighted by molar-refractivity contribution is 9.10. The molecule has 0 aromatic heterocycles. The van der Waals surface area contributed by atoms with Crippen molar-refractivity contribution in [3.63, 3.8) is 0 Å².